The van der Waals surface area contributed by atoms with Gasteiger partial charge in [-0.05, 0) is 36.8 Å². The zero-order chi connectivity index (χ0) is 14.2. The van der Waals surface area contributed by atoms with E-state index in [1.165, 1.54) is 0 Å². The zero-order valence-corrected chi connectivity index (χ0v) is 11.3. The number of hydrogen-bond acceptors (Lipinski definition) is 3. The van der Waals surface area contributed by atoms with E-state index in [1.807, 2.05) is 37.3 Å². The van der Waals surface area contributed by atoms with Crippen LogP contribution < -0.4 is 10.1 Å². The lowest BCUT2D eigenvalue weighted by Crippen LogP contribution is -2.13. The van der Waals surface area contributed by atoms with Gasteiger partial charge in [0.25, 0.3) is 0 Å². The molecule has 0 atom stereocenters. The van der Waals surface area contributed by atoms with Gasteiger partial charge >= 0.3 is 6.09 Å². The van der Waals surface area contributed by atoms with E-state index in [0.717, 1.165) is 11.3 Å². The van der Waals surface area contributed by atoms with Crippen molar-refractivity contribution in [2.24, 2.45) is 0 Å². The van der Waals surface area contributed by atoms with Gasteiger partial charge in [0.05, 0.1) is 6.61 Å². The molecule has 0 aromatic heterocycles. The third-order valence-electron chi connectivity index (χ3n) is 2.62. The molecular formula is C16H17NO3. The van der Waals surface area contributed by atoms with Gasteiger partial charge in [-0.15, -0.1) is 0 Å². The van der Waals surface area contributed by atoms with E-state index in [2.05, 4.69) is 5.32 Å². The smallest absolute Gasteiger partial charge is 0.411 e. The highest BCUT2D eigenvalue weighted by Gasteiger charge is 2.03. The van der Waals surface area contributed by atoms with Crippen LogP contribution in [0.25, 0.3) is 0 Å². The maximum atomic E-state index is 11.6. The SMILES string of the molecule is CCOc1ccc(NC(=O)OCc2ccccc2)cc1. The minimum absolute atomic E-state index is 0.254. The fourth-order valence-corrected chi connectivity index (χ4v) is 1.68. The third kappa shape index (κ3) is 4.31. The van der Waals surface area contributed by atoms with Crippen molar-refractivity contribution >= 4 is 11.8 Å². The second-order valence-electron chi connectivity index (χ2n) is 4.14. The van der Waals surface area contributed by atoms with Crippen molar-refractivity contribution in [3.05, 3.63) is 60.2 Å². The molecule has 0 saturated carbocycles. The molecule has 4 nitrogen and oxygen atoms in total. The summed E-state index contributed by atoms with van der Waals surface area (Å²) in [5.41, 5.74) is 1.63. The van der Waals surface area contributed by atoms with E-state index >= 15 is 0 Å². The molecule has 0 radical (unpaired) electrons. The lowest BCUT2D eigenvalue weighted by atomic mass is 10.2. The molecule has 0 aliphatic heterocycles. The molecule has 0 heterocycles. The van der Waals surface area contributed by atoms with Gasteiger partial charge in [0.1, 0.15) is 12.4 Å². The fraction of sp³-hybridized carbons (Fsp3) is 0.188. The molecule has 0 unspecified atom stereocenters. The monoisotopic (exact) mass is 271 g/mol. The van der Waals surface area contributed by atoms with Gasteiger partial charge in [-0.1, -0.05) is 30.3 Å². The Morgan fingerprint density at radius 1 is 1.05 bits per heavy atom. The predicted molar refractivity (Wildman–Crippen MR) is 77.9 cm³/mol. The first-order valence-corrected chi connectivity index (χ1v) is 6.48. The highest BCUT2D eigenvalue weighted by Crippen LogP contribution is 2.15. The van der Waals surface area contributed by atoms with Crippen LogP contribution in [0.2, 0.25) is 0 Å². The van der Waals surface area contributed by atoms with Gasteiger partial charge in [0.15, 0.2) is 0 Å². The Labute approximate surface area is 118 Å². The van der Waals surface area contributed by atoms with E-state index in [4.69, 9.17) is 9.47 Å². The summed E-state index contributed by atoms with van der Waals surface area (Å²) < 4.78 is 10.5. The van der Waals surface area contributed by atoms with E-state index in [1.54, 1.807) is 24.3 Å². The minimum Gasteiger partial charge on any atom is -0.494 e. The molecule has 0 aliphatic carbocycles. The van der Waals surface area contributed by atoms with Crippen LogP contribution in [0, 0.1) is 0 Å². The average molecular weight is 271 g/mol. The second-order valence-corrected chi connectivity index (χ2v) is 4.14. The van der Waals surface area contributed by atoms with Crippen LogP contribution in [-0.4, -0.2) is 12.7 Å². The number of amides is 1. The van der Waals surface area contributed by atoms with Crippen LogP contribution in [0.5, 0.6) is 5.75 Å². The average Bonchev–Trinajstić information content (AvgIpc) is 2.49. The van der Waals surface area contributed by atoms with Gasteiger partial charge in [0, 0.05) is 5.69 Å². The highest BCUT2D eigenvalue weighted by molar-refractivity contribution is 5.84. The van der Waals surface area contributed by atoms with Gasteiger partial charge < -0.3 is 9.47 Å². The largest absolute Gasteiger partial charge is 0.494 e. The maximum Gasteiger partial charge on any atom is 0.411 e. The highest BCUT2D eigenvalue weighted by atomic mass is 16.5. The molecule has 104 valence electrons. The summed E-state index contributed by atoms with van der Waals surface area (Å²) in [7, 11) is 0. The fourth-order valence-electron chi connectivity index (χ4n) is 1.68. The van der Waals surface area contributed by atoms with Crippen molar-refractivity contribution in [3.8, 4) is 5.75 Å². The maximum absolute atomic E-state index is 11.6. The normalized spacial score (nSPS) is 9.85. The van der Waals surface area contributed by atoms with Crippen molar-refractivity contribution in [1.82, 2.24) is 0 Å². The summed E-state index contributed by atoms with van der Waals surface area (Å²) in [5.74, 6) is 0.774. The number of carbonyl (C=O) groups excluding carboxylic acids is 1. The van der Waals surface area contributed by atoms with Gasteiger partial charge in [0.2, 0.25) is 0 Å². The number of rotatable bonds is 5. The Morgan fingerprint density at radius 2 is 1.75 bits per heavy atom. The Balaban J connectivity index is 1.82. The first-order chi connectivity index (χ1) is 9.78. The first-order valence-electron chi connectivity index (χ1n) is 6.48. The first kappa shape index (κ1) is 13.9. The summed E-state index contributed by atoms with van der Waals surface area (Å²) in [5, 5.41) is 2.66. The van der Waals surface area contributed by atoms with E-state index < -0.39 is 6.09 Å². The molecule has 4 heteroatoms. The lowest BCUT2D eigenvalue weighted by Gasteiger charge is -2.08. The molecule has 2 aromatic rings. The van der Waals surface area contributed by atoms with E-state index in [-0.39, 0.29) is 6.61 Å². The number of nitrogens with one attached hydrogen (secondary N) is 1. The molecule has 1 amide bonds. The number of carbonyl (C=O) groups is 1. The van der Waals surface area contributed by atoms with Gasteiger partial charge in [-0.25, -0.2) is 4.79 Å². The quantitative estimate of drug-likeness (QED) is 0.899. The molecule has 0 aliphatic rings. The number of anilines is 1. The molecular weight excluding hydrogens is 254 g/mol. The second kappa shape index (κ2) is 7.19. The number of ether oxygens (including phenoxy) is 2. The van der Waals surface area contributed by atoms with Crippen LogP contribution >= 0.6 is 0 Å². The van der Waals surface area contributed by atoms with Gasteiger partial charge in [-0.2, -0.15) is 0 Å². The Bertz CT molecular complexity index is 537. The van der Waals surface area contributed by atoms with Crippen LogP contribution in [0.1, 0.15) is 12.5 Å². The van der Waals surface area contributed by atoms with Crippen molar-refractivity contribution < 1.29 is 14.3 Å². The van der Waals surface area contributed by atoms with Crippen LogP contribution in [0.4, 0.5) is 10.5 Å². The van der Waals surface area contributed by atoms with E-state index in [9.17, 15) is 4.79 Å². The summed E-state index contributed by atoms with van der Waals surface area (Å²) in [6.07, 6.45) is -0.474. The molecule has 2 rings (SSSR count). The Hall–Kier alpha value is -2.49. The molecule has 0 fully saturated rings. The zero-order valence-electron chi connectivity index (χ0n) is 11.3. The van der Waals surface area contributed by atoms with Crippen molar-refractivity contribution in [3.63, 3.8) is 0 Å². The topological polar surface area (TPSA) is 47.6 Å². The van der Waals surface area contributed by atoms with Crippen LogP contribution in [0.3, 0.4) is 0 Å². The van der Waals surface area contributed by atoms with Crippen LogP contribution in [0.15, 0.2) is 54.6 Å². The Morgan fingerprint density at radius 3 is 2.40 bits per heavy atom. The molecule has 1 N–H and O–H groups in total. The summed E-state index contributed by atoms with van der Waals surface area (Å²) in [4.78, 5) is 11.6. The van der Waals surface area contributed by atoms with E-state index in [0.29, 0.717) is 12.3 Å². The summed E-state index contributed by atoms with van der Waals surface area (Å²) >= 11 is 0. The standard InChI is InChI=1S/C16H17NO3/c1-2-19-15-10-8-14(9-11-15)17-16(18)20-12-13-6-4-3-5-7-13/h3-11H,2,12H2,1H3,(H,17,18). The predicted octanol–water partition coefficient (Wildman–Crippen LogP) is 3.83. The van der Waals surface area contributed by atoms with Crippen molar-refractivity contribution in [1.29, 1.82) is 0 Å². The third-order valence-corrected chi connectivity index (χ3v) is 2.62. The Kier molecular flexibility index (Phi) is 5.00. The summed E-state index contributed by atoms with van der Waals surface area (Å²) in [6, 6.07) is 16.7. The van der Waals surface area contributed by atoms with Crippen LogP contribution in [-0.2, 0) is 11.3 Å². The molecule has 2 aromatic carbocycles. The molecule has 0 saturated heterocycles. The molecule has 0 bridgehead atoms. The number of hydrogen-bond donors (Lipinski definition) is 1. The molecule has 20 heavy (non-hydrogen) atoms. The van der Waals surface area contributed by atoms with Crippen molar-refractivity contribution in [2.75, 3.05) is 11.9 Å². The molecule has 0 spiro atoms. The van der Waals surface area contributed by atoms with Gasteiger partial charge in [-0.3, -0.25) is 5.32 Å². The minimum atomic E-state index is -0.474. The number of benzene rings is 2. The lowest BCUT2D eigenvalue weighted by molar-refractivity contribution is 0.155. The summed E-state index contributed by atoms with van der Waals surface area (Å²) in [6.45, 7) is 2.79. The van der Waals surface area contributed by atoms with Crippen molar-refractivity contribution in [2.45, 2.75) is 13.5 Å².